The lowest BCUT2D eigenvalue weighted by molar-refractivity contribution is -0.146. The highest BCUT2D eigenvalue weighted by Gasteiger charge is 2.36. The highest BCUT2D eigenvalue weighted by molar-refractivity contribution is 7.86. The molecule has 2 aliphatic rings. The van der Waals surface area contributed by atoms with Crippen molar-refractivity contribution in [1.29, 1.82) is 0 Å². The SMILES string of the molecule is COC(=O)C1CCCN(S(=O)(=O)N2CCCCCC2)C1. The van der Waals surface area contributed by atoms with Gasteiger partial charge in [0.25, 0.3) is 10.2 Å². The lowest BCUT2D eigenvalue weighted by Gasteiger charge is -2.34. The van der Waals surface area contributed by atoms with Crippen molar-refractivity contribution in [2.45, 2.75) is 38.5 Å². The second-order valence-corrected chi connectivity index (χ2v) is 7.47. The monoisotopic (exact) mass is 304 g/mol. The van der Waals surface area contributed by atoms with Gasteiger partial charge in [-0.25, -0.2) is 0 Å². The summed E-state index contributed by atoms with van der Waals surface area (Å²) in [5.74, 6) is -0.628. The first-order chi connectivity index (χ1) is 9.55. The summed E-state index contributed by atoms with van der Waals surface area (Å²) < 4.78 is 33.1. The smallest absolute Gasteiger partial charge is 0.309 e. The van der Waals surface area contributed by atoms with Gasteiger partial charge in [0.2, 0.25) is 0 Å². The number of carbonyl (C=O) groups is 1. The summed E-state index contributed by atoms with van der Waals surface area (Å²) in [6, 6.07) is 0. The molecule has 6 nitrogen and oxygen atoms in total. The molecule has 0 aliphatic carbocycles. The maximum absolute atomic E-state index is 12.6. The molecule has 116 valence electrons. The number of carbonyl (C=O) groups excluding carboxylic acids is 1. The largest absolute Gasteiger partial charge is 0.469 e. The number of ether oxygens (including phenoxy) is 1. The molecule has 0 aromatic carbocycles. The van der Waals surface area contributed by atoms with Crippen molar-refractivity contribution >= 4 is 16.2 Å². The summed E-state index contributed by atoms with van der Waals surface area (Å²) in [4.78, 5) is 11.6. The van der Waals surface area contributed by atoms with Gasteiger partial charge < -0.3 is 4.74 Å². The van der Waals surface area contributed by atoms with E-state index in [9.17, 15) is 13.2 Å². The minimum atomic E-state index is -3.42. The van der Waals surface area contributed by atoms with Crippen molar-refractivity contribution < 1.29 is 17.9 Å². The van der Waals surface area contributed by atoms with E-state index in [1.807, 2.05) is 0 Å². The lowest BCUT2D eigenvalue weighted by atomic mass is 10.0. The Bertz CT molecular complexity index is 430. The zero-order valence-corrected chi connectivity index (χ0v) is 12.9. The van der Waals surface area contributed by atoms with Crippen LogP contribution in [0, 0.1) is 5.92 Å². The van der Waals surface area contributed by atoms with Gasteiger partial charge in [0.1, 0.15) is 0 Å². The number of piperidine rings is 1. The van der Waals surface area contributed by atoms with Gasteiger partial charge in [-0.3, -0.25) is 4.79 Å². The summed E-state index contributed by atoms with van der Waals surface area (Å²) in [6.07, 6.45) is 5.46. The molecule has 2 saturated heterocycles. The minimum absolute atomic E-state index is 0.255. The van der Waals surface area contributed by atoms with Crippen LogP contribution in [0.5, 0.6) is 0 Å². The van der Waals surface area contributed by atoms with E-state index in [1.54, 1.807) is 4.31 Å². The second-order valence-electron chi connectivity index (χ2n) is 5.54. The van der Waals surface area contributed by atoms with Crippen LogP contribution >= 0.6 is 0 Å². The Hall–Kier alpha value is -0.660. The number of esters is 1. The van der Waals surface area contributed by atoms with Gasteiger partial charge in [-0.15, -0.1) is 0 Å². The summed E-state index contributed by atoms with van der Waals surface area (Å²) in [7, 11) is -2.07. The Morgan fingerprint density at radius 3 is 2.20 bits per heavy atom. The molecule has 1 unspecified atom stereocenters. The average molecular weight is 304 g/mol. The number of methoxy groups -OCH3 is 1. The van der Waals surface area contributed by atoms with Gasteiger partial charge in [-0.1, -0.05) is 12.8 Å². The number of hydrogen-bond acceptors (Lipinski definition) is 4. The molecule has 0 saturated carbocycles. The molecule has 0 radical (unpaired) electrons. The van der Waals surface area contributed by atoms with Crippen LogP contribution in [0.15, 0.2) is 0 Å². The first kappa shape index (κ1) is 15.7. The third-order valence-electron chi connectivity index (χ3n) is 4.14. The van der Waals surface area contributed by atoms with Crippen LogP contribution in [0.1, 0.15) is 38.5 Å². The van der Waals surface area contributed by atoms with Crippen LogP contribution in [0.4, 0.5) is 0 Å². The Labute approximate surface area is 121 Å². The zero-order chi connectivity index (χ0) is 14.6. The molecule has 2 rings (SSSR count). The van der Waals surface area contributed by atoms with E-state index >= 15 is 0 Å². The molecule has 0 spiro atoms. The van der Waals surface area contributed by atoms with Crippen LogP contribution in [-0.2, 0) is 19.7 Å². The van der Waals surface area contributed by atoms with Crippen molar-refractivity contribution in [1.82, 2.24) is 8.61 Å². The second kappa shape index (κ2) is 6.87. The van der Waals surface area contributed by atoms with E-state index in [1.165, 1.54) is 11.4 Å². The number of nitrogens with zero attached hydrogens (tertiary/aromatic N) is 2. The van der Waals surface area contributed by atoms with Crippen molar-refractivity contribution in [3.63, 3.8) is 0 Å². The summed E-state index contributed by atoms with van der Waals surface area (Å²) in [5, 5.41) is 0. The van der Waals surface area contributed by atoms with E-state index in [0.29, 0.717) is 32.5 Å². The minimum Gasteiger partial charge on any atom is -0.469 e. The summed E-state index contributed by atoms with van der Waals surface area (Å²) >= 11 is 0. The van der Waals surface area contributed by atoms with Crippen LogP contribution in [0.25, 0.3) is 0 Å². The van der Waals surface area contributed by atoms with Crippen LogP contribution < -0.4 is 0 Å². The van der Waals surface area contributed by atoms with Crippen molar-refractivity contribution in [3.05, 3.63) is 0 Å². The van der Waals surface area contributed by atoms with E-state index in [-0.39, 0.29) is 18.4 Å². The number of rotatable bonds is 3. The predicted octanol–water partition coefficient (Wildman–Crippen LogP) is 0.992. The topological polar surface area (TPSA) is 66.9 Å². The molecule has 1 atom stereocenters. The Kier molecular flexibility index (Phi) is 5.40. The van der Waals surface area contributed by atoms with Gasteiger partial charge in [0.05, 0.1) is 13.0 Å². The Morgan fingerprint density at radius 1 is 1.00 bits per heavy atom. The molecule has 0 aromatic rings. The number of hydrogen-bond donors (Lipinski definition) is 0. The first-order valence-electron chi connectivity index (χ1n) is 7.39. The van der Waals surface area contributed by atoms with Crippen LogP contribution in [-0.4, -0.2) is 56.3 Å². The molecule has 2 aliphatic heterocycles. The highest BCUT2D eigenvalue weighted by Crippen LogP contribution is 2.23. The fourth-order valence-electron chi connectivity index (χ4n) is 2.95. The van der Waals surface area contributed by atoms with Gasteiger partial charge in [-0.2, -0.15) is 17.0 Å². The highest BCUT2D eigenvalue weighted by atomic mass is 32.2. The fraction of sp³-hybridized carbons (Fsp3) is 0.923. The Morgan fingerprint density at radius 2 is 1.60 bits per heavy atom. The molecular weight excluding hydrogens is 280 g/mol. The molecular formula is C13H24N2O4S. The molecule has 0 aromatic heterocycles. The Balaban J connectivity index is 2.06. The van der Waals surface area contributed by atoms with Gasteiger partial charge in [0.15, 0.2) is 0 Å². The molecule has 7 heteroatoms. The quantitative estimate of drug-likeness (QED) is 0.729. The van der Waals surface area contributed by atoms with Gasteiger partial charge >= 0.3 is 5.97 Å². The lowest BCUT2D eigenvalue weighted by Crippen LogP contribution is -2.49. The third-order valence-corrected chi connectivity index (χ3v) is 6.14. The van der Waals surface area contributed by atoms with E-state index in [4.69, 9.17) is 4.74 Å². The normalized spacial score (nSPS) is 26.9. The molecule has 0 amide bonds. The van der Waals surface area contributed by atoms with Crippen LogP contribution in [0.3, 0.4) is 0 Å². The van der Waals surface area contributed by atoms with Gasteiger partial charge in [0, 0.05) is 26.2 Å². The zero-order valence-electron chi connectivity index (χ0n) is 12.1. The predicted molar refractivity (Wildman–Crippen MR) is 75.3 cm³/mol. The standard InChI is InChI=1S/C13H24N2O4S/c1-19-13(16)12-7-6-10-15(11-12)20(17,18)14-8-4-2-3-5-9-14/h12H,2-11H2,1H3. The molecule has 2 heterocycles. The first-order valence-corrected chi connectivity index (χ1v) is 8.78. The van der Waals surface area contributed by atoms with Crippen LogP contribution in [0.2, 0.25) is 0 Å². The van der Waals surface area contributed by atoms with Crippen molar-refractivity contribution in [2.75, 3.05) is 33.3 Å². The molecule has 2 fully saturated rings. The molecule has 0 N–H and O–H groups in total. The third kappa shape index (κ3) is 3.51. The van der Waals surface area contributed by atoms with Crippen molar-refractivity contribution in [2.24, 2.45) is 5.92 Å². The fourth-order valence-corrected chi connectivity index (χ4v) is 4.72. The summed E-state index contributed by atoms with van der Waals surface area (Å²) in [6.45, 7) is 1.96. The van der Waals surface area contributed by atoms with E-state index < -0.39 is 10.2 Å². The maximum Gasteiger partial charge on any atom is 0.309 e. The molecule has 20 heavy (non-hydrogen) atoms. The van der Waals surface area contributed by atoms with E-state index in [0.717, 1.165) is 25.7 Å². The maximum atomic E-state index is 12.6. The average Bonchev–Trinajstić information content (AvgIpc) is 2.76. The van der Waals surface area contributed by atoms with E-state index in [2.05, 4.69) is 0 Å². The summed E-state index contributed by atoms with van der Waals surface area (Å²) in [5.41, 5.74) is 0. The van der Waals surface area contributed by atoms with Gasteiger partial charge in [-0.05, 0) is 25.7 Å². The van der Waals surface area contributed by atoms with Crippen molar-refractivity contribution in [3.8, 4) is 0 Å². The molecule has 0 bridgehead atoms.